The maximum Gasteiger partial charge on any atom is 0.139 e. The van der Waals surface area contributed by atoms with E-state index in [1.165, 1.54) is 11.1 Å². The molecule has 0 unspecified atom stereocenters. The van der Waals surface area contributed by atoms with E-state index in [2.05, 4.69) is 45.0 Å². The van der Waals surface area contributed by atoms with Crippen molar-refractivity contribution in [2.75, 3.05) is 11.5 Å². The van der Waals surface area contributed by atoms with E-state index in [0.717, 1.165) is 22.7 Å². The molecule has 0 aliphatic carbocycles. The maximum absolute atomic E-state index is 11.0. The Morgan fingerprint density at radius 1 is 1.05 bits per heavy atom. The van der Waals surface area contributed by atoms with Gasteiger partial charge >= 0.3 is 0 Å². The number of aryl methyl sites for hydroxylation is 1. The van der Waals surface area contributed by atoms with Crippen molar-refractivity contribution in [3.8, 4) is 0 Å². The van der Waals surface area contributed by atoms with Crippen molar-refractivity contribution in [3.63, 3.8) is 0 Å². The molecule has 0 radical (unpaired) electrons. The number of carbonyl (C=O) groups excluding carboxylic acids is 1. The molecule has 0 N–H and O–H groups in total. The number of Topliss-reactive ketones (excluding diaryl/α,β-unsaturated/α-hetero) is 1. The number of allylic oxidation sites excluding steroid dienone is 1. The summed E-state index contributed by atoms with van der Waals surface area (Å²) in [4.78, 5) is 15.7. The molecular formula is C17H23NOS. The van der Waals surface area contributed by atoms with Gasteiger partial charge in [-0.3, -0.25) is 9.79 Å². The van der Waals surface area contributed by atoms with Crippen LogP contribution < -0.4 is 0 Å². The largest absolute Gasteiger partial charge is 0.299 e. The molecule has 3 heteroatoms. The lowest BCUT2D eigenvalue weighted by atomic mass is 10.1. The van der Waals surface area contributed by atoms with Crippen molar-refractivity contribution < 1.29 is 4.79 Å². The predicted molar refractivity (Wildman–Crippen MR) is 89.8 cm³/mol. The van der Waals surface area contributed by atoms with Crippen LogP contribution in [0.15, 0.2) is 40.5 Å². The van der Waals surface area contributed by atoms with Crippen LogP contribution in [-0.4, -0.2) is 23.0 Å². The summed E-state index contributed by atoms with van der Waals surface area (Å²) in [6, 6.07) is 8.39. The number of nitrogens with zero attached hydrogens (tertiary/aromatic N) is 1. The number of ketones is 1. The molecule has 0 bridgehead atoms. The molecule has 0 fully saturated rings. The van der Waals surface area contributed by atoms with Gasteiger partial charge in [0, 0.05) is 17.2 Å². The van der Waals surface area contributed by atoms with Gasteiger partial charge in [-0.2, -0.15) is 0 Å². The average molecular weight is 289 g/mol. The summed E-state index contributed by atoms with van der Waals surface area (Å²) in [7, 11) is 0. The molecule has 0 saturated carbocycles. The Morgan fingerprint density at radius 3 is 2.15 bits per heavy atom. The normalized spacial score (nSPS) is 11.3. The topological polar surface area (TPSA) is 29.4 Å². The lowest BCUT2D eigenvalue weighted by Gasteiger charge is -2.07. The highest BCUT2D eigenvalue weighted by atomic mass is 32.2. The molecule has 20 heavy (non-hydrogen) atoms. The van der Waals surface area contributed by atoms with Crippen LogP contribution >= 0.6 is 11.8 Å². The monoisotopic (exact) mass is 289 g/mol. The molecular weight excluding hydrogens is 266 g/mol. The summed E-state index contributed by atoms with van der Waals surface area (Å²) in [6.45, 7) is 9.86. The number of carbonyl (C=O) groups is 1. The van der Waals surface area contributed by atoms with Gasteiger partial charge in [0.15, 0.2) is 0 Å². The molecule has 1 aromatic rings. The maximum atomic E-state index is 11.0. The van der Waals surface area contributed by atoms with Crippen molar-refractivity contribution >= 4 is 23.3 Å². The molecule has 1 aromatic carbocycles. The van der Waals surface area contributed by atoms with Gasteiger partial charge in [-0.05, 0) is 40.2 Å². The lowest BCUT2D eigenvalue weighted by molar-refractivity contribution is -0.114. The first-order valence-corrected chi connectivity index (χ1v) is 7.91. The van der Waals surface area contributed by atoms with Gasteiger partial charge in [0.05, 0.1) is 5.75 Å². The first-order valence-electron chi connectivity index (χ1n) is 6.76. The molecule has 0 spiro atoms. The first kappa shape index (κ1) is 16.7. The fourth-order valence-corrected chi connectivity index (χ4v) is 2.58. The molecule has 0 aliphatic rings. The summed E-state index contributed by atoms with van der Waals surface area (Å²) < 4.78 is 0. The molecule has 108 valence electrons. The van der Waals surface area contributed by atoms with Gasteiger partial charge in [-0.25, -0.2) is 0 Å². The summed E-state index contributed by atoms with van der Waals surface area (Å²) >= 11 is 1.62. The predicted octanol–water partition coefficient (Wildman–Crippen LogP) is 4.42. The third-order valence-electron chi connectivity index (χ3n) is 2.89. The van der Waals surface area contributed by atoms with Crippen LogP contribution in [0.5, 0.6) is 0 Å². The number of hydrogen-bond donors (Lipinski definition) is 0. The molecule has 0 atom stereocenters. The third kappa shape index (κ3) is 5.74. The molecule has 2 nitrogen and oxygen atoms in total. The van der Waals surface area contributed by atoms with Crippen molar-refractivity contribution in [1.29, 1.82) is 0 Å². The molecule has 0 heterocycles. The van der Waals surface area contributed by atoms with Crippen molar-refractivity contribution in [2.24, 2.45) is 4.99 Å². The number of rotatable bonds is 6. The number of aliphatic imine (C=N–C) groups is 1. The number of thioether (sulfide) groups is 1. The quantitative estimate of drug-likeness (QED) is 0.725. The summed E-state index contributed by atoms with van der Waals surface area (Å²) in [6.07, 6.45) is 0. The molecule has 0 saturated heterocycles. The Labute approximate surface area is 126 Å². The van der Waals surface area contributed by atoms with Gasteiger partial charge in [-0.1, -0.05) is 35.4 Å². The molecule has 0 aromatic heterocycles. The van der Waals surface area contributed by atoms with Crippen LogP contribution in [0.2, 0.25) is 0 Å². The molecule has 1 rings (SSSR count). The van der Waals surface area contributed by atoms with Crippen LogP contribution in [0.4, 0.5) is 0 Å². The van der Waals surface area contributed by atoms with Gasteiger partial charge in [-0.15, -0.1) is 11.8 Å². The average Bonchev–Trinajstić information content (AvgIpc) is 2.37. The minimum absolute atomic E-state index is 0.211. The van der Waals surface area contributed by atoms with Gasteiger partial charge in [0.25, 0.3) is 0 Å². The van der Waals surface area contributed by atoms with Gasteiger partial charge in [0.1, 0.15) is 5.78 Å². The highest BCUT2D eigenvalue weighted by Crippen LogP contribution is 2.15. The minimum Gasteiger partial charge on any atom is -0.299 e. The van der Waals surface area contributed by atoms with Crippen molar-refractivity contribution in [2.45, 2.75) is 34.6 Å². The smallest absolute Gasteiger partial charge is 0.139 e. The highest BCUT2D eigenvalue weighted by Gasteiger charge is 2.03. The van der Waals surface area contributed by atoms with E-state index in [9.17, 15) is 4.79 Å². The summed E-state index contributed by atoms with van der Waals surface area (Å²) in [5.74, 6) is 1.54. The standard InChI is InChI=1S/C17H23NOS/c1-12(2)17(11-20-10-14(4)19)18-15(5)16-8-6-13(3)7-9-16/h6-9H,10-11H2,1-5H3. The molecule has 0 amide bonds. The van der Waals surface area contributed by atoms with Crippen molar-refractivity contribution in [1.82, 2.24) is 0 Å². The Kier molecular flexibility index (Phi) is 6.73. The zero-order valence-corrected chi connectivity index (χ0v) is 13.8. The zero-order chi connectivity index (χ0) is 15.1. The highest BCUT2D eigenvalue weighted by molar-refractivity contribution is 8.00. The van der Waals surface area contributed by atoms with E-state index in [1.807, 2.05) is 6.92 Å². The number of benzene rings is 1. The van der Waals surface area contributed by atoms with E-state index in [0.29, 0.717) is 5.75 Å². The van der Waals surface area contributed by atoms with Crippen LogP contribution in [-0.2, 0) is 4.79 Å². The Hall–Kier alpha value is -1.35. The van der Waals surface area contributed by atoms with E-state index in [4.69, 9.17) is 4.99 Å². The second kappa shape index (κ2) is 8.05. The molecule has 0 aliphatic heterocycles. The zero-order valence-electron chi connectivity index (χ0n) is 13.0. The van der Waals surface area contributed by atoms with Gasteiger partial charge < -0.3 is 0 Å². The van der Waals surface area contributed by atoms with E-state index < -0.39 is 0 Å². The second-order valence-corrected chi connectivity index (χ2v) is 6.19. The first-order chi connectivity index (χ1) is 9.40. The second-order valence-electron chi connectivity index (χ2n) is 5.20. The lowest BCUT2D eigenvalue weighted by Crippen LogP contribution is -2.00. The van der Waals surface area contributed by atoms with Crippen LogP contribution in [0.25, 0.3) is 0 Å². The third-order valence-corrected chi connectivity index (χ3v) is 3.98. The van der Waals surface area contributed by atoms with Crippen molar-refractivity contribution in [3.05, 3.63) is 46.7 Å². The fraction of sp³-hybridized carbons (Fsp3) is 0.412. The SMILES string of the molecule is CC(=O)CSCC(N=C(C)c1ccc(C)cc1)=C(C)C. The minimum atomic E-state index is 0.211. The summed E-state index contributed by atoms with van der Waals surface area (Å²) in [5, 5.41) is 0. The Bertz CT molecular complexity index is 522. The fourth-order valence-electron chi connectivity index (χ4n) is 1.64. The Balaban J connectivity index is 2.83. The van der Waals surface area contributed by atoms with Gasteiger partial charge in [0.2, 0.25) is 0 Å². The Morgan fingerprint density at radius 2 is 1.65 bits per heavy atom. The summed E-state index contributed by atoms with van der Waals surface area (Å²) in [5.41, 5.74) is 5.68. The van der Waals surface area contributed by atoms with Crippen LogP contribution in [0.3, 0.4) is 0 Å². The van der Waals surface area contributed by atoms with E-state index in [-0.39, 0.29) is 5.78 Å². The van der Waals surface area contributed by atoms with E-state index >= 15 is 0 Å². The van der Waals surface area contributed by atoms with Crippen LogP contribution in [0, 0.1) is 6.92 Å². The van der Waals surface area contributed by atoms with E-state index in [1.54, 1.807) is 18.7 Å². The number of hydrogen-bond acceptors (Lipinski definition) is 3. The van der Waals surface area contributed by atoms with Crippen LogP contribution in [0.1, 0.15) is 38.8 Å².